The SMILES string of the molecule is C[C@@H]1CN(S(=O)(=O)c2c(F)cc(F)cc2F)C[C@H]1C(=O)O. The smallest absolute Gasteiger partial charge is 0.308 e. The van der Waals surface area contributed by atoms with E-state index in [0.29, 0.717) is 4.31 Å². The lowest BCUT2D eigenvalue weighted by Gasteiger charge is -2.17. The molecule has 21 heavy (non-hydrogen) atoms. The highest BCUT2D eigenvalue weighted by molar-refractivity contribution is 7.89. The van der Waals surface area contributed by atoms with Gasteiger partial charge < -0.3 is 5.11 Å². The molecule has 1 fully saturated rings. The fourth-order valence-corrected chi connectivity index (χ4v) is 4.00. The van der Waals surface area contributed by atoms with Gasteiger partial charge in [-0.25, -0.2) is 21.6 Å². The summed E-state index contributed by atoms with van der Waals surface area (Å²) in [6.07, 6.45) is 0. The average Bonchev–Trinajstić information content (AvgIpc) is 2.70. The molecule has 1 heterocycles. The molecule has 9 heteroatoms. The number of carboxylic acid groups (broad SMARTS) is 1. The third kappa shape index (κ3) is 2.75. The Balaban J connectivity index is 2.43. The summed E-state index contributed by atoms with van der Waals surface area (Å²) in [5, 5.41) is 8.96. The van der Waals surface area contributed by atoms with E-state index in [4.69, 9.17) is 5.11 Å². The molecule has 1 aromatic carbocycles. The summed E-state index contributed by atoms with van der Waals surface area (Å²) in [5.41, 5.74) is 0. The summed E-state index contributed by atoms with van der Waals surface area (Å²) in [6.45, 7) is 0.982. The number of hydrogen-bond donors (Lipinski definition) is 1. The number of benzene rings is 1. The van der Waals surface area contributed by atoms with Crippen LogP contribution < -0.4 is 0 Å². The van der Waals surface area contributed by atoms with E-state index < -0.39 is 50.2 Å². The molecule has 1 saturated heterocycles. The summed E-state index contributed by atoms with van der Waals surface area (Å²) in [4.78, 5) is 9.72. The van der Waals surface area contributed by atoms with Crippen LogP contribution in [0.3, 0.4) is 0 Å². The van der Waals surface area contributed by atoms with Crippen LogP contribution in [0.15, 0.2) is 17.0 Å². The highest BCUT2D eigenvalue weighted by Gasteiger charge is 2.42. The zero-order valence-electron chi connectivity index (χ0n) is 10.9. The molecule has 0 aromatic heterocycles. The van der Waals surface area contributed by atoms with Crippen molar-refractivity contribution < 1.29 is 31.5 Å². The molecule has 2 rings (SSSR count). The van der Waals surface area contributed by atoms with Crippen LogP contribution in [0, 0.1) is 29.3 Å². The highest BCUT2D eigenvalue weighted by atomic mass is 32.2. The quantitative estimate of drug-likeness (QED) is 0.913. The van der Waals surface area contributed by atoms with E-state index in [1.807, 2.05) is 0 Å². The molecule has 0 unspecified atom stereocenters. The van der Waals surface area contributed by atoms with Gasteiger partial charge in [0, 0.05) is 25.2 Å². The Hall–Kier alpha value is -1.61. The minimum atomic E-state index is -4.56. The topological polar surface area (TPSA) is 74.7 Å². The van der Waals surface area contributed by atoms with Crippen molar-refractivity contribution in [3.8, 4) is 0 Å². The molecule has 2 atom stereocenters. The van der Waals surface area contributed by atoms with Crippen LogP contribution in [0.1, 0.15) is 6.92 Å². The van der Waals surface area contributed by atoms with E-state index in [1.54, 1.807) is 0 Å². The predicted octanol–water partition coefficient (Wildman–Crippen LogP) is 1.45. The Morgan fingerprint density at radius 2 is 1.76 bits per heavy atom. The third-order valence-corrected chi connectivity index (χ3v) is 5.34. The molecular formula is C12H12F3NO4S. The molecule has 1 aromatic rings. The second-order valence-electron chi connectivity index (χ2n) is 4.94. The van der Waals surface area contributed by atoms with Crippen molar-refractivity contribution in [2.75, 3.05) is 13.1 Å². The summed E-state index contributed by atoms with van der Waals surface area (Å²) < 4.78 is 65.2. The number of aliphatic carboxylic acids is 1. The predicted molar refractivity (Wildman–Crippen MR) is 65.4 cm³/mol. The molecule has 0 saturated carbocycles. The third-order valence-electron chi connectivity index (χ3n) is 3.46. The van der Waals surface area contributed by atoms with Gasteiger partial charge in [-0.2, -0.15) is 4.31 Å². The minimum absolute atomic E-state index is 0.171. The maximum absolute atomic E-state index is 13.6. The van der Waals surface area contributed by atoms with Gasteiger partial charge >= 0.3 is 5.97 Å². The van der Waals surface area contributed by atoms with Gasteiger partial charge in [-0.3, -0.25) is 4.79 Å². The molecule has 0 amide bonds. The average molecular weight is 323 g/mol. The second-order valence-corrected chi connectivity index (χ2v) is 6.82. The van der Waals surface area contributed by atoms with Crippen LogP contribution >= 0.6 is 0 Å². The van der Waals surface area contributed by atoms with Gasteiger partial charge in [0.05, 0.1) is 5.92 Å². The number of hydrogen-bond acceptors (Lipinski definition) is 3. The summed E-state index contributed by atoms with van der Waals surface area (Å²) in [6, 6.07) is 0.536. The van der Waals surface area contributed by atoms with E-state index in [-0.39, 0.29) is 25.2 Å². The zero-order valence-corrected chi connectivity index (χ0v) is 11.7. The van der Waals surface area contributed by atoms with Gasteiger partial charge in [-0.1, -0.05) is 6.92 Å². The number of halogens is 3. The van der Waals surface area contributed by atoms with Crippen LogP contribution in [0.2, 0.25) is 0 Å². The molecular weight excluding hydrogens is 311 g/mol. The van der Waals surface area contributed by atoms with Crippen molar-refractivity contribution in [3.05, 3.63) is 29.6 Å². The van der Waals surface area contributed by atoms with Crippen LogP contribution in [0.4, 0.5) is 13.2 Å². The van der Waals surface area contributed by atoms with Crippen molar-refractivity contribution in [2.24, 2.45) is 11.8 Å². The first-order valence-corrected chi connectivity index (χ1v) is 7.46. The number of carbonyl (C=O) groups is 1. The first-order valence-electron chi connectivity index (χ1n) is 6.02. The number of rotatable bonds is 3. The minimum Gasteiger partial charge on any atom is -0.481 e. The molecule has 1 N–H and O–H groups in total. The van der Waals surface area contributed by atoms with Gasteiger partial charge in [0.2, 0.25) is 10.0 Å². The van der Waals surface area contributed by atoms with Crippen molar-refractivity contribution in [1.82, 2.24) is 4.31 Å². The Morgan fingerprint density at radius 3 is 2.19 bits per heavy atom. The van der Waals surface area contributed by atoms with Gasteiger partial charge in [-0.15, -0.1) is 0 Å². The highest BCUT2D eigenvalue weighted by Crippen LogP contribution is 2.31. The van der Waals surface area contributed by atoms with E-state index in [2.05, 4.69) is 0 Å². The summed E-state index contributed by atoms with van der Waals surface area (Å²) in [7, 11) is -4.56. The zero-order chi connectivity index (χ0) is 15.9. The van der Waals surface area contributed by atoms with Crippen molar-refractivity contribution in [2.45, 2.75) is 11.8 Å². The molecule has 0 spiro atoms. The van der Waals surface area contributed by atoms with Crippen LogP contribution in [-0.4, -0.2) is 36.9 Å². The van der Waals surface area contributed by atoms with E-state index >= 15 is 0 Å². The number of carboxylic acids is 1. The van der Waals surface area contributed by atoms with E-state index in [9.17, 15) is 26.4 Å². The Kier molecular flexibility index (Phi) is 3.98. The Morgan fingerprint density at radius 1 is 1.24 bits per heavy atom. The lowest BCUT2D eigenvalue weighted by molar-refractivity contribution is -0.142. The van der Waals surface area contributed by atoms with Gasteiger partial charge in [-0.05, 0) is 5.92 Å². The monoisotopic (exact) mass is 323 g/mol. The molecule has 0 radical (unpaired) electrons. The summed E-state index contributed by atoms with van der Waals surface area (Å²) in [5.74, 6) is -6.95. The standard InChI is InChI=1S/C12H12F3NO4S/c1-6-4-16(5-8(6)12(17)18)21(19,20)11-9(14)2-7(13)3-10(11)15/h2-3,6,8H,4-5H2,1H3,(H,17,18)/t6-,8-/m1/s1. The summed E-state index contributed by atoms with van der Waals surface area (Å²) >= 11 is 0. The number of sulfonamides is 1. The van der Waals surface area contributed by atoms with Crippen LogP contribution in [-0.2, 0) is 14.8 Å². The molecule has 1 aliphatic rings. The van der Waals surface area contributed by atoms with E-state index in [1.165, 1.54) is 6.92 Å². The maximum Gasteiger partial charge on any atom is 0.308 e. The lowest BCUT2D eigenvalue weighted by Crippen LogP contribution is -2.31. The number of nitrogens with zero attached hydrogens (tertiary/aromatic N) is 1. The molecule has 116 valence electrons. The Bertz CT molecular complexity index is 669. The van der Waals surface area contributed by atoms with Crippen LogP contribution in [0.5, 0.6) is 0 Å². The van der Waals surface area contributed by atoms with E-state index in [0.717, 1.165) is 0 Å². The Labute approximate surface area is 119 Å². The van der Waals surface area contributed by atoms with Gasteiger partial charge in [0.1, 0.15) is 17.5 Å². The largest absolute Gasteiger partial charge is 0.481 e. The lowest BCUT2D eigenvalue weighted by atomic mass is 9.99. The normalized spacial score (nSPS) is 23.4. The second kappa shape index (κ2) is 5.30. The van der Waals surface area contributed by atoms with Crippen molar-refractivity contribution in [1.29, 1.82) is 0 Å². The molecule has 0 bridgehead atoms. The molecule has 0 aliphatic carbocycles. The van der Waals surface area contributed by atoms with Gasteiger partial charge in [0.15, 0.2) is 4.90 Å². The first-order chi connectivity index (χ1) is 9.64. The van der Waals surface area contributed by atoms with Crippen molar-refractivity contribution >= 4 is 16.0 Å². The fraction of sp³-hybridized carbons (Fsp3) is 0.417. The van der Waals surface area contributed by atoms with Crippen LogP contribution in [0.25, 0.3) is 0 Å². The molecule has 5 nitrogen and oxygen atoms in total. The fourth-order valence-electron chi connectivity index (χ4n) is 2.34. The van der Waals surface area contributed by atoms with Gasteiger partial charge in [0.25, 0.3) is 0 Å². The van der Waals surface area contributed by atoms with Crippen molar-refractivity contribution in [3.63, 3.8) is 0 Å². The first kappa shape index (κ1) is 15.8. The molecule has 1 aliphatic heterocycles. The maximum atomic E-state index is 13.6.